The Morgan fingerprint density at radius 3 is 2.94 bits per heavy atom. The SMILES string of the molecule is CCC1(c2cc3cc(C)ccc3o2)CCCN1. The summed E-state index contributed by atoms with van der Waals surface area (Å²) in [5, 5.41) is 4.84. The number of hydrogen-bond acceptors (Lipinski definition) is 2. The molecule has 0 amide bonds. The monoisotopic (exact) mass is 229 g/mol. The lowest BCUT2D eigenvalue weighted by Gasteiger charge is -2.25. The molecule has 1 aliphatic heterocycles. The van der Waals surface area contributed by atoms with Crippen LogP contribution in [0.5, 0.6) is 0 Å². The molecule has 1 fully saturated rings. The normalized spacial score (nSPS) is 24.6. The van der Waals surface area contributed by atoms with E-state index < -0.39 is 0 Å². The first-order chi connectivity index (χ1) is 8.23. The molecule has 0 saturated carbocycles. The zero-order valence-electron chi connectivity index (χ0n) is 10.5. The van der Waals surface area contributed by atoms with Gasteiger partial charge in [0.1, 0.15) is 11.3 Å². The third kappa shape index (κ3) is 1.67. The largest absolute Gasteiger partial charge is 0.459 e. The average molecular weight is 229 g/mol. The van der Waals surface area contributed by atoms with Gasteiger partial charge in [0, 0.05) is 5.39 Å². The molecule has 0 radical (unpaired) electrons. The van der Waals surface area contributed by atoms with Gasteiger partial charge in [0.2, 0.25) is 0 Å². The van der Waals surface area contributed by atoms with Gasteiger partial charge in [-0.05, 0) is 50.9 Å². The Bertz CT molecular complexity index is 535. The van der Waals surface area contributed by atoms with Gasteiger partial charge in [-0.1, -0.05) is 18.6 Å². The number of hydrogen-bond donors (Lipinski definition) is 1. The molecule has 1 N–H and O–H groups in total. The molecule has 1 saturated heterocycles. The fourth-order valence-electron chi connectivity index (χ4n) is 2.89. The minimum absolute atomic E-state index is 0.0763. The lowest BCUT2D eigenvalue weighted by molar-refractivity contribution is 0.306. The minimum Gasteiger partial charge on any atom is -0.459 e. The molecule has 1 aromatic carbocycles. The number of benzene rings is 1. The second-order valence-electron chi connectivity index (χ2n) is 5.12. The van der Waals surface area contributed by atoms with Crippen LogP contribution in [0.1, 0.15) is 37.5 Å². The van der Waals surface area contributed by atoms with Crippen molar-refractivity contribution in [2.45, 2.75) is 38.6 Å². The van der Waals surface area contributed by atoms with E-state index in [9.17, 15) is 0 Å². The topological polar surface area (TPSA) is 25.2 Å². The molecule has 0 spiro atoms. The van der Waals surface area contributed by atoms with Crippen molar-refractivity contribution in [3.8, 4) is 0 Å². The van der Waals surface area contributed by atoms with Gasteiger partial charge in [-0.2, -0.15) is 0 Å². The molecule has 90 valence electrons. The summed E-state index contributed by atoms with van der Waals surface area (Å²) >= 11 is 0. The van der Waals surface area contributed by atoms with Crippen molar-refractivity contribution in [2.24, 2.45) is 0 Å². The Hall–Kier alpha value is -1.28. The molecule has 2 heterocycles. The zero-order chi connectivity index (χ0) is 11.9. The molecule has 0 bridgehead atoms. The Balaban J connectivity index is 2.11. The van der Waals surface area contributed by atoms with E-state index >= 15 is 0 Å². The molecular weight excluding hydrogens is 210 g/mol. The van der Waals surface area contributed by atoms with Gasteiger partial charge < -0.3 is 9.73 Å². The maximum Gasteiger partial charge on any atom is 0.134 e. The molecule has 0 aliphatic carbocycles. The Morgan fingerprint density at radius 1 is 1.35 bits per heavy atom. The number of fused-ring (bicyclic) bond motifs is 1. The Kier molecular flexibility index (Phi) is 2.48. The molecule has 2 aromatic rings. The van der Waals surface area contributed by atoms with Crippen LogP contribution in [0.25, 0.3) is 11.0 Å². The summed E-state index contributed by atoms with van der Waals surface area (Å²) in [6.45, 7) is 5.45. The molecule has 2 heteroatoms. The van der Waals surface area contributed by atoms with E-state index in [0.717, 1.165) is 24.3 Å². The number of nitrogens with one attached hydrogen (secondary N) is 1. The summed E-state index contributed by atoms with van der Waals surface area (Å²) in [6.07, 6.45) is 3.51. The zero-order valence-corrected chi connectivity index (χ0v) is 10.5. The fraction of sp³-hybridized carbons (Fsp3) is 0.467. The van der Waals surface area contributed by atoms with Crippen LogP contribution in [0.3, 0.4) is 0 Å². The van der Waals surface area contributed by atoms with Crippen LogP contribution >= 0.6 is 0 Å². The summed E-state index contributed by atoms with van der Waals surface area (Å²) in [4.78, 5) is 0. The van der Waals surface area contributed by atoms with Crippen LogP contribution in [-0.2, 0) is 5.54 Å². The van der Waals surface area contributed by atoms with Crippen molar-refractivity contribution in [3.63, 3.8) is 0 Å². The van der Waals surface area contributed by atoms with Crippen LogP contribution in [-0.4, -0.2) is 6.54 Å². The van der Waals surface area contributed by atoms with Gasteiger partial charge in [-0.3, -0.25) is 0 Å². The number of aryl methyl sites for hydroxylation is 1. The van der Waals surface area contributed by atoms with Crippen LogP contribution in [0.15, 0.2) is 28.7 Å². The molecule has 1 atom stereocenters. The molecule has 1 unspecified atom stereocenters. The molecule has 17 heavy (non-hydrogen) atoms. The maximum atomic E-state index is 6.04. The van der Waals surface area contributed by atoms with E-state index in [-0.39, 0.29) is 5.54 Å². The number of rotatable bonds is 2. The van der Waals surface area contributed by atoms with E-state index in [4.69, 9.17) is 4.42 Å². The third-order valence-electron chi connectivity index (χ3n) is 3.99. The van der Waals surface area contributed by atoms with E-state index in [1.54, 1.807) is 0 Å². The summed E-state index contributed by atoms with van der Waals surface area (Å²) in [6, 6.07) is 8.59. The minimum atomic E-state index is 0.0763. The van der Waals surface area contributed by atoms with Crippen molar-refractivity contribution in [3.05, 3.63) is 35.6 Å². The molecular formula is C15H19NO. The Labute approximate surface area is 102 Å². The quantitative estimate of drug-likeness (QED) is 0.848. The molecule has 2 nitrogen and oxygen atoms in total. The van der Waals surface area contributed by atoms with E-state index in [2.05, 4.69) is 43.4 Å². The highest BCUT2D eigenvalue weighted by atomic mass is 16.3. The van der Waals surface area contributed by atoms with Gasteiger partial charge in [0.05, 0.1) is 5.54 Å². The second-order valence-corrected chi connectivity index (χ2v) is 5.12. The van der Waals surface area contributed by atoms with Crippen molar-refractivity contribution in [1.29, 1.82) is 0 Å². The fourth-order valence-corrected chi connectivity index (χ4v) is 2.89. The summed E-state index contributed by atoms with van der Waals surface area (Å²) < 4.78 is 6.04. The maximum absolute atomic E-state index is 6.04. The second kappa shape index (κ2) is 3.88. The van der Waals surface area contributed by atoms with Gasteiger partial charge in [0.25, 0.3) is 0 Å². The lowest BCUT2D eigenvalue weighted by atomic mass is 9.91. The van der Waals surface area contributed by atoms with Crippen LogP contribution in [0.4, 0.5) is 0 Å². The number of furan rings is 1. The third-order valence-corrected chi connectivity index (χ3v) is 3.99. The standard InChI is InChI=1S/C15H19NO/c1-3-15(7-4-8-16-15)14-10-12-9-11(2)5-6-13(12)17-14/h5-6,9-10,16H,3-4,7-8H2,1-2H3. The first-order valence-corrected chi connectivity index (χ1v) is 6.49. The van der Waals surface area contributed by atoms with Crippen molar-refractivity contribution in [2.75, 3.05) is 6.54 Å². The lowest BCUT2D eigenvalue weighted by Crippen LogP contribution is -2.35. The van der Waals surface area contributed by atoms with Crippen LogP contribution in [0.2, 0.25) is 0 Å². The molecule has 1 aromatic heterocycles. The average Bonchev–Trinajstić information content (AvgIpc) is 2.94. The smallest absolute Gasteiger partial charge is 0.134 e. The van der Waals surface area contributed by atoms with Crippen molar-refractivity contribution >= 4 is 11.0 Å². The van der Waals surface area contributed by atoms with Crippen LogP contribution in [0, 0.1) is 6.92 Å². The van der Waals surface area contributed by atoms with E-state index in [1.165, 1.54) is 23.8 Å². The summed E-state index contributed by atoms with van der Waals surface area (Å²) in [7, 11) is 0. The van der Waals surface area contributed by atoms with Gasteiger partial charge in [-0.25, -0.2) is 0 Å². The highest BCUT2D eigenvalue weighted by molar-refractivity contribution is 5.79. The van der Waals surface area contributed by atoms with Gasteiger partial charge >= 0.3 is 0 Å². The Morgan fingerprint density at radius 2 is 2.24 bits per heavy atom. The predicted octanol–water partition coefficient (Wildman–Crippen LogP) is 3.73. The highest BCUT2D eigenvalue weighted by Crippen LogP contribution is 2.37. The van der Waals surface area contributed by atoms with E-state index in [1.807, 2.05) is 0 Å². The predicted molar refractivity (Wildman–Crippen MR) is 70.2 cm³/mol. The summed E-state index contributed by atoms with van der Waals surface area (Å²) in [5.41, 5.74) is 2.37. The van der Waals surface area contributed by atoms with Gasteiger partial charge in [0.15, 0.2) is 0 Å². The van der Waals surface area contributed by atoms with E-state index in [0.29, 0.717) is 0 Å². The van der Waals surface area contributed by atoms with Crippen molar-refractivity contribution in [1.82, 2.24) is 5.32 Å². The molecule has 3 rings (SSSR count). The first kappa shape index (κ1) is 10.8. The van der Waals surface area contributed by atoms with Crippen LogP contribution < -0.4 is 5.32 Å². The van der Waals surface area contributed by atoms with Gasteiger partial charge in [-0.15, -0.1) is 0 Å². The van der Waals surface area contributed by atoms with Crippen molar-refractivity contribution < 1.29 is 4.42 Å². The first-order valence-electron chi connectivity index (χ1n) is 6.49. The molecule has 1 aliphatic rings. The highest BCUT2D eigenvalue weighted by Gasteiger charge is 2.36. The summed E-state index contributed by atoms with van der Waals surface area (Å²) in [5.74, 6) is 1.11.